The second-order valence-corrected chi connectivity index (χ2v) is 6.98. The van der Waals surface area contributed by atoms with Crippen LogP contribution in [-0.2, 0) is 0 Å². The number of anilines is 2. The molecule has 0 saturated carbocycles. The summed E-state index contributed by atoms with van der Waals surface area (Å²) in [7, 11) is 0. The van der Waals surface area contributed by atoms with E-state index in [4.69, 9.17) is 4.74 Å². The summed E-state index contributed by atoms with van der Waals surface area (Å²) < 4.78 is 5.92. The largest absolute Gasteiger partial charge is 0.493 e. The Morgan fingerprint density at radius 1 is 0.880 bits per heavy atom. The number of hydrogen-bond donors (Lipinski definition) is 0. The van der Waals surface area contributed by atoms with Gasteiger partial charge in [0.15, 0.2) is 0 Å². The Morgan fingerprint density at radius 2 is 1.52 bits per heavy atom. The van der Waals surface area contributed by atoms with Gasteiger partial charge in [0, 0.05) is 32.2 Å². The minimum absolute atomic E-state index is 0.622. The molecule has 2 aliphatic rings. The van der Waals surface area contributed by atoms with Crippen molar-refractivity contribution in [2.45, 2.75) is 25.7 Å². The fraction of sp³-hybridized carbons (Fsp3) is 0.500. The fourth-order valence-corrected chi connectivity index (χ4v) is 3.69. The Bertz CT molecular complexity index is 664. The molecule has 0 amide bonds. The summed E-state index contributed by atoms with van der Waals surface area (Å²) in [5, 5.41) is 0. The molecule has 0 bridgehead atoms. The number of para-hydroxylation sites is 1. The van der Waals surface area contributed by atoms with E-state index in [2.05, 4.69) is 25.8 Å². The second kappa shape index (κ2) is 7.72. The van der Waals surface area contributed by atoms with E-state index in [-0.39, 0.29) is 0 Å². The minimum Gasteiger partial charge on any atom is -0.493 e. The summed E-state index contributed by atoms with van der Waals surface area (Å²) in [5.41, 5.74) is 0. The zero-order valence-corrected chi connectivity index (χ0v) is 14.7. The third-order valence-electron chi connectivity index (χ3n) is 5.24. The van der Waals surface area contributed by atoms with Gasteiger partial charge in [0.1, 0.15) is 23.7 Å². The molecule has 2 aliphatic heterocycles. The van der Waals surface area contributed by atoms with E-state index in [1.54, 1.807) is 6.33 Å². The molecular formula is C20H26N4O. The van der Waals surface area contributed by atoms with Crippen LogP contribution in [0, 0.1) is 5.92 Å². The lowest BCUT2D eigenvalue weighted by Crippen LogP contribution is -2.36. The summed E-state index contributed by atoms with van der Waals surface area (Å²) in [4.78, 5) is 13.7. The molecule has 0 radical (unpaired) electrons. The summed E-state index contributed by atoms with van der Waals surface area (Å²) in [6.45, 7) is 5.13. The minimum atomic E-state index is 0.622. The number of rotatable bonds is 5. The van der Waals surface area contributed by atoms with Crippen molar-refractivity contribution in [2.75, 3.05) is 42.6 Å². The predicted octanol–water partition coefficient (Wildman–Crippen LogP) is 3.37. The maximum absolute atomic E-state index is 5.92. The van der Waals surface area contributed by atoms with Gasteiger partial charge >= 0.3 is 0 Å². The molecule has 25 heavy (non-hydrogen) atoms. The van der Waals surface area contributed by atoms with Crippen molar-refractivity contribution in [3.63, 3.8) is 0 Å². The summed E-state index contributed by atoms with van der Waals surface area (Å²) >= 11 is 0. The molecule has 132 valence electrons. The standard InChI is InChI=1S/C20H26N4O/c1-2-6-18(7-3-1)25-15-17-8-12-24(13-9-17)20-14-19(21-16-22-20)23-10-4-5-11-23/h1-3,6-7,14,16-17H,4-5,8-13,15H2. The number of hydrogen-bond acceptors (Lipinski definition) is 5. The van der Waals surface area contributed by atoms with Crippen LogP contribution < -0.4 is 14.5 Å². The maximum Gasteiger partial charge on any atom is 0.134 e. The van der Waals surface area contributed by atoms with E-state index in [1.807, 2.05) is 30.3 Å². The number of nitrogens with zero attached hydrogens (tertiary/aromatic N) is 4. The van der Waals surface area contributed by atoms with E-state index < -0.39 is 0 Å². The number of ether oxygens (including phenoxy) is 1. The Labute approximate surface area is 149 Å². The average molecular weight is 338 g/mol. The highest BCUT2D eigenvalue weighted by molar-refractivity contribution is 5.50. The van der Waals surface area contributed by atoms with Crippen molar-refractivity contribution in [3.05, 3.63) is 42.7 Å². The van der Waals surface area contributed by atoms with Crippen LogP contribution in [0.3, 0.4) is 0 Å². The summed E-state index contributed by atoms with van der Waals surface area (Å²) in [6, 6.07) is 12.3. The van der Waals surface area contributed by atoms with Crippen LogP contribution in [0.5, 0.6) is 5.75 Å². The molecular weight excluding hydrogens is 312 g/mol. The van der Waals surface area contributed by atoms with Crippen LogP contribution in [0.25, 0.3) is 0 Å². The normalized spacial score (nSPS) is 18.6. The van der Waals surface area contributed by atoms with Crippen LogP contribution in [0.1, 0.15) is 25.7 Å². The van der Waals surface area contributed by atoms with Gasteiger partial charge in [0.2, 0.25) is 0 Å². The molecule has 2 saturated heterocycles. The van der Waals surface area contributed by atoms with E-state index in [0.717, 1.165) is 63.0 Å². The SMILES string of the molecule is c1ccc(OCC2CCN(c3cc(N4CCCC4)ncn3)CC2)cc1. The maximum atomic E-state index is 5.92. The molecule has 2 fully saturated rings. The Balaban J connectivity index is 1.30. The molecule has 1 aromatic heterocycles. The molecule has 0 spiro atoms. The molecule has 5 nitrogen and oxygen atoms in total. The predicted molar refractivity (Wildman–Crippen MR) is 100 cm³/mol. The van der Waals surface area contributed by atoms with Crippen molar-refractivity contribution in [3.8, 4) is 5.75 Å². The van der Waals surface area contributed by atoms with Gasteiger partial charge in [-0.25, -0.2) is 9.97 Å². The van der Waals surface area contributed by atoms with E-state index in [1.165, 1.54) is 12.8 Å². The van der Waals surface area contributed by atoms with Gasteiger partial charge in [-0.1, -0.05) is 18.2 Å². The van der Waals surface area contributed by atoms with Crippen LogP contribution in [0.2, 0.25) is 0 Å². The first kappa shape index (κ1) is 16.2. The van der Waals surface area contributed by atoms with Crippen LogP contribution in [-0.4, -0.2) is 42.8 Å². The van der Waals surface area contributed by atoms with E-state index >= 15 is 0 Å². The van der Waals surface area contributed by atoms with Gasteiger partial charge in [-0.3, -0.25) is 0 Å². The molecule has 3 heterocycles. The Kier molecular flexibility index (Phi) is 5.00. The van der Waals surface area contributed by atoms with Crippen LogP contribution >= 0.6 is 0 Å². The molecule has 4 rings (SSSR count). The van der Waals surface area contributed by atoms with Gasteiger partial charge in [-0.05, 0) is 43.7 Å². The second-order valence-electron chi connectivity index (χ2n) is 6.98. The van der Waals surface area contributed by atoms with Gasteiger partial charge in [0.25, 0.3) is 0 Å². The highest BCUT2D eigenvalue weighted by atomic mass is 16.5. The lowest BCUT2D eigenvalue weighted by Gasteiger charge is -2.33. The monoisotopic (exact) mass is 338 g/mol. The number of piperidine rings is 1. The first-order chi connectivity index (χ1) is 12.4. The van der Waals surface area contributed by atoms with E-state index in [0.29, 0.717) is 5.92 Å². The van der Waals surface area contributed by atoms with Crippen molar-refractivity contribution >= 4 is 11.6 Å². The summed E-state index contributed by atoms with van der Waals surface area (Å²) in [5.74, 6) is 3.74. The first-order valence-electron chi connectivity index (χ1n) is 9.38. The van der Waals surface area contributed by atoms with Gasteiger partial charge < -0.3 is 14.5 Å². The Hall–Kier alpha value is -2.30. The molecule has 1 aromatic carbocycles. The number of benzene rings is 1. The van der Waals surface area contributed by atoms with Crippen LogP contribution in [0.15, 0.2) is 42.7 Å². The topological polar surface area (TPSA) is 41.5 Å². The molecule has 0 aliphatic carbocycles. The van der Waals surface area contributed by atoms with Crippen molar-refractivity contribution in [1.29, 1.82) is 0 Å². The van der Waals surface area contributed by atoms with Crippen molar-refractivity contribution in [1.82, 2.24) is 9.97 Å². The molecule has 0 atom stereocenters. The molecule has 0 unspecified atom stereocenters. The first-order valence-corrected chi connectivity index (χ1v) is 9.38. The smallest absolute Gasteiger partial charge is 0.134 e. The Morgan fingerprint density at radius 3 is 2.20 bits per heavy atom. The highest BCUT2D eigenvalue weighted by Crippen LogP contribution is 2.26. The third kappa shape index (κ3) is 4.03. The third-order valence-corrected chi connectivity index (χ3v) is 5.24. The van der Waals surface area contributed by atoms with Crippen molar-refractivity contribution < 1.29 is 4.74 Å². The zero-order chi connectivity index (χ0) is 16.9. The van der Waals surface area contributed by atoms with E-state index in [9.17, 15) is 0 Å². The van der Waals surface area contributed by atoms with Gasteiger partial charge in [0.05, 0.1) is 6.61 Å². The average Bonchev–Trinajstić information content (AvgIpc) is 3.23. The van der Waals surface area contributed by atoms with Crippen molar-refractivity contribution in [2.24, 2.45) is 5.92 Å². The lowest BCUT2D eigenvalue weighted by atomic mass is 9.98. The molecule has 0 N–H and O–H groups in total. The highest BCUT2D eigenvalue weighted by Gasteiger charge is 2.22. The van der Waals surface area contributed by atoms with Crippen LogP contribution in [0.4, 0.5) is 11.6 Å². The lowest BCUT2D eigenvalue weighted by molar-refractivity contribution is 0.222. The van der Waals surface area contributed by atoms with Gasteiger partial charge in [-0.15, -0.1) is 0 Å². The quantitative estimate of drug-likeness (QED) is 0.836. The molecule has 2 aromatic rings. The number of aromatic nitrogens is 2. The zero-order valence-electron chi connectivity index (χ0n) is 14.7. The van der Waals surface area contributed by atoms with Gasteiger partial charge in [-0.2, -0.15) is 0 Å². The summed E-state index contributed by atoms with van der Waals surface area (Å²) in [6.07, 6.45) is 6.55. The molecule has 5 heteroatoms. The fourth-order valence-electron chi connectivity index (χ4n) is 3.69.